The van der Waals surface area contributed by atoms with Gasteiger partial charge in [0.05, 0.1) is 13.0 Å². The van der Waals surface area contributed by atoms with Crippen LogP contribution in [0, 0.1) is 0 Å². The SMILES string of the molecule is O=C(Cc1ccccc1)NCC(=O)Nc1cccc(C(=O)NC2CC2)c1. The number of nitrogens with one attached hydrogen (secondary N) is 3. The highest BCUT2D eigenvalue weighted by Crippen LogP contribution is 2.20. The molecule has 0 aliphatic heterocycles. The Balaban J connectivity index is 1.47. The Kier molecular flexibility index (Phi) is 5.63. The zero-order valence-corrected chi connectivity index (χ0v) is 14.3. The summed E-state index contributed by atoms with van der Waals surface area (Å²) >= 11 is 0. The second-order valence-electron chi connectivity index (χ2n) is 6.32. The smallest absolute Gasteiger partial charge is 0.251 e. The second-order valence-corrected chi connectivity index (χ2v) is 6.32. The summed E-state index contributed by atoms with van der Waals surface area (Å²) in [5, 5.41) is 8.19. The topological polar surface area (TPSA) is 87.3 Å². The third-order valence-electron chi connectivity index (χ3n) is 3.97. The number of carbonyl (C=O) groups is 3. The maximum atomic E-state index is 12.0. The van der Waals surface area contributed by atoms with E-state index in [0.29, 0.717) is 11.3 Å². The lowest BCUT2D eigenvalue weighted by atomic mass is 10.1. The van der Waals surface area contributed by atoms with Crippen molar-refractivity contribution >= 4 is 23.4 Å². The van der Waals surface area contributed by atoms with Crippen molar-refractivity contribution in [1.29, 1.82) is 0 Å². The molecule has 1 saturated carbocycles. The van der Waals surface area contributed by atoms with Crippen LogP contribution in [0.3, 0.4) is 0 Å². The van der Waals surface area contributed by atoms with E-state index in [9.17, 15) is 14.4 Å². The molecule has 0 bridgehead atoms. The number of hydrogen-bond donors (Lipinski definition) is 3. The molecule has 0 unspecified atom stereocenters. The average Bonchev–Trinajstić information content (AvgIpc) is 3.45. The molecular formula is C20H21N3O3. The molecule has 26 heavy (non-hydrogen) atoms. The summed E-state index contributed by atoms with van der Waals surface area (Å²) in [4.78, 5) is 35.9. The summed E-state index contributed by atoms with van der Waals surface area (Å²) in [5.74, 6) is -0.699. The van der Waals surface area contributed by atoms with Gasteiger partial charge in [-0.3, -0.25) is 14.4 Å². The van der Waals surface area contributed by atoms with Gasteiger partial charge in [-0.25, -0.2) is 0 Å². The van der Waals surface area contributed by atoms with E-state index < -0.39 is 0 Å². The van der Waals surface area contributed by atoms with Crippen molar-refractivity contribution in [1.82, 2.24) is 10.6 Å². The first-order valence-electron chi connectivity index (χ1n) is 8.61. The normalized spacial score (nSPS) is 12.9. The molecule has 1 fully saturated rings. The fourth-order valence-corrected chi connectivity index (χ4v) is 2.46. The maximum Gasteiger partial charge on any atom is 0.251 e. The highest BCUT2D eigenvalue weighted by Gasteiger charge is 2.23. The van der Waals surface area contributed by atoms with Crippen LogP contribution in [-0.4, -0.2) is 30.3 Å². The number of benzene rings is 2. The lowest BCUT2D eigenvalue weighted by Crippen LogP contribution is -2.33. The summed E-state index contributed by atoms with van der Waals surface area (Å²) in [5.41, 5.74) is 1.92. The van der Waals surface area contributed by atoms with Gasteiger partial charge in [0, 0.05) is 17.3 Å². The van der Waals surface area contributed by atoms with E-state index in [1.54, 1.807) is 24.3 Å². The molecule has 3 amide bonds. The molecule has 3 rings (SSSR count). The van der Waals surface area contributed by atoms with Crippen molar-refractivity contribution < 1.29 is 14.4 Å². The van der Waals surface area contributed by atoms with Gasteiger partial charge in [-0.15, -0.1) is 0 Å². The zero-order chi connectivity index (χ0) is 18.4. The second kappa shape index (κ2) is 8.29. The maximum absolute atomic E-state index is 12.0. The van der Waals surface area contributed by atoms with Gasteiger partial charge in [-0.2, -0.15) is 0 Å². The number of anilines is 1. The van der Waals surface area contributed by atoms with Gasteiger partial charge in [0.25, 0.3) is 5.91 Å². The van der Waals surface area contributed by atoms with Crippen LogP contribution in [0.15, 0.2) is 54.6 Å². The van der Waals surface area contributed by atoms with E-state index >= 15 is 0 Å². The van der Waals surface area contributed by atoms with Crippen LogP contribution in [0.2, 0.25) is 0 Å². The number of amides is 3. The van der Waals surface area contributed by atoms with E-state index in [4.69, 9.17) is 0 Å². The summed E-state index contributed by atoms with van der Waals surface area (Å²) < 4.78 is 0. The quantitative estimate of drug-likeness (QED) is 0.712. The standard InChI is InChI=1S/C20H21N3O3/c24-18(11-14-5-2-1-3-6-14)21-13-19(25)22-17-8-4-7-15(12-17)20(26)23-16-9-10-16/h1-8,12,16H,9-11,13H2,(H,21,24)(H,22,25)(H,23,26). The molecule has 0 aromatic heterocycles. The molecule has 6 heteroatoms. The lowest BCUT2D eigenvalue weighted by Gasteiger charge is -2.09. The van der Waals surface area contributed by atoms with Gasteiger partial charge < -0.3 is 16.0 Å². The van der Waals surface area contributed by atoms with E-state index in [1.165, 1.54) is 0 Å². The third kappa shape index (κ3) is 5.44. The predicted octanol–water partition coefficient (Wildman–Crippen LogP) is 1.88. The highest BCUT2D eigenvalue weighted by atomic mass is 16.2. The minimum Gasteiger partial charge on any atom is -0.349 e. The van der Waals surface area contributed by atoms with Crippen molar-refractivity contribution in [2.75, 3.05) is 11.9 Å². The summed E-state index contributed by atoms with van der Waals surface area (Å²) in [6.45, 7) is -0.121. The van der Waals surface area contributed by atoms with E-state index in [-0.39, 0.29) is 36.7 Å². The summed E-state index contributed by atoms with van der Waals surface area (Å²) in [6, 6.07) is 16.4. The van der Waals surface area contributed by atoms with Crippen LogP contribution in [0.5, 0.6) is 0 Å². The van der Waals surface area contributed by atoms with Gasteiger partial charge in [0.1, 0.15) is 0 Å². The Morgan fingerprint density at radius 1 is 0.923 bits per heavy atom. The van der Waals surface area contributed by atoms with Crippen LogP contribution in [0.25, 0.3) is 0 Å². The number of carbonyl (C=O) groups excluding carboxylic acids is 3. The largest absolute Gasteiger partial charge is 0.349 e. The third-order valence-corrected chi connectivity index (χ3v) is 3.97. The average molecular weight is 351 g/mol. The van der Waals surface area contributed by atoms with Crippen LogP contribution in [-0.2, 0) is 16.0 Å². The molecule has 0 saturated heterocycles. The van der Waals surface area contributed by atoms with Crippen molar-refractivity contribution in [2.24, 2.45) is 0 Å². The van der Waals surface area contributed by atoms with Crippen LogP contribution < -0.4 is 16.0 Å². The molecule has 2 aromatic carbocycles. The van der Waals surface area contributed by atoms with Crippen molar-refractivity contribution in [2.45, 2.75) is 25.3 Å². The highest BCUT2D eigenvalue weighted by molar-refractivity contribution is 5.98. The first kappa shape index (κ1) is 17.7. The van der Waals surface area contributed by atoms with E-state index in [0.717, 1.165) is 18.4 Å². The molecule has 3 N–H and O–H groups in total. The Morgan fingerprint density at radius 3 is 2.42 bits per heavy atom. The number of hydrogen-bond acceptors (Lipinski definition) is 3. The van der Waals surface area contributed by atoms with Crippen molar-refractivity contribution in [3.63, 3.8) is 0 Å². The summed E-state index contributed by atoms with van der Waals surface area (Å²) in [6.07, 6.45) is 2.26. The molecule has 134 valence electrons. The monoisotopic (exact) mass is 351 g/mol. The van der Waals surface area contributed by atoms with Gasteiger partial charge in [-0.1, -0.05) is 36.4 Å². The van der Waals surface area contributed by atoms with Gasteiger partial charge >= 0.3 is 0 Å². The Labute approximate surface area is 152 Å². The molecule has 1 aliphatic carbocycles. The van der Waals surface area contributed by atoms with Crippen molar-refractivity contribution in [3.8, 4) is 0 Å². The Bertz CT molecular complexity index is 801. The lowest BCUT2D eigenvalue weighted by molar-refractivity contribution is -0.123. The van der Waals surface area contributed by atoms with Gasteiger partial charge in [0.2, 0.25) is 11.8 Å². The van der Waals surface area contributed by atoms with Crippen LogP contribution >= 0.6 is 0 Å². The Hall–Kier alpha value is -3.15. The zero-order valence-electron chi connectivity index (χ0n) is 14.3. The molecule has 0 radical (unpaired) electrons. The number of rotatable bonds is 7. The van der Waals surface area contributed by atoms with Crippen LogP contribution in [0.1, 0.15) is 28.8 Å². The van der Waals surface area contributed by atoms with E-state index in [2.05, 4.69) is 16.0 Å². The molecule has 0 heterocycles. The molecule has 0 spiro atoms. The van der Waals surface area contributed by atoms with Gasteiger partial charge in [-0.05, 0) is 36.6 Å². The minimum atomic E-state index is -0.342. The molecule has 1 aliphatic rings. The molecule has 0 atom stereocenters. The first-order valence-corrected chi connectivity index (χ1v) is 8.61. The molecule has 2 aromatic rings. The fourth-order valence-electron chi connectivity index (χ4n) is 2.46. The minimum absolute atomic E-state index is 0.121. The summed E-state index contributed by atoms with van der Waals surface area (Å²) in [7, 11) is 0. The van der Waals surface area contributed by atoms with Gasteiger partial charge in [0.15, 0.2) is 0 Å². The molecular weight excluding hydrogens is 330 g/mol. The Morgan fingerprint density at radius 2 is 1.69 bits per heavy atom. The fraction of sp³-hybridized carbons (Fsp3) is 0.250. The van der Waals surface area contributed by atoms with E-state index in [1.807, 2.05) is 30.3 Å². The van der Waals surface area contributed by atoms with Crippen molar-refractivity contribution in [3.05, 3.63) is 65.7 Å². The first-order chi connectivity index (χ1) is 12.6. The molecule has 6 nitrogen and oxygen atoms in total. The predicted molar refractivity (Wildman–Crippen MR) is 98.7 cm³/mol. The van der Waals surface area contributed by atoms with Crippen LogP contribution in [0.4, 0.5) is 5.69 Å².